The van der Waals surface area contributed by atoms with Crippen molar-refractivity contribution >= 4 is 27.2 Å². The number of nitro benzene ring substituents is 1. The van der Waals surface area contributed by atoms with Gasteiger partial charge in [0, 0.05) is 29.1 Å². The summed E-state index contributed by atoms with van der Waals surface area (Å²) in [5.41, 5.74) is 2.60. The second kappa shape index (κ2) is 8.17. The third kappa shape index (κ3) is 3.87. The largest absolute Gasteiger partial charge is 0.309 e. The number of hydrogen-bond donors (Lipinski definition) is 1. The first-order chi connectivity index (χ1) is 14.4. The maximum absolute atomic E-state index is 12.8. The van der Waals surface area contributed by atoms with Crippen LogP contribution in [0.4, 0.5) is 5.69 Å². The molecule has 0 saturated heterocycles. The van der Waals surface area contributed by atoms with Gasteiger partial charge in [-0.25, -0.2) is 4.98 Å². The second-order valence-electron chi connectivity index (χ2n) is 7.15. The molecule has 2 aromatic carbocycles. The monoisotopic (exact) mass is 420 g/mol. The van der Waals surface area contributed by atoms with Gasteiger partial charge in [-0.3, -0.25) is 19.8 Å². The molecule has 4 aromatic rings. The zero-order chi connectivity index (χ0) is 21.3. The molecule has 0 aliphatic rings. The van der Waals surface area contributed by atoms with Gasteiger partial charge in [-0.1, -0.05) is 42.5 Å². The van der Waals surface area contributed by atoms with Crippen molar-refractivity contribution in [3.8, 4) is 11.1 Å². The highest BCUT2D eigenvalue weighted by Gasteiger charge is 2.18. The molecule has 0 amide bonds. The summed E-state index contributed by atoms with van der Waals surface area (Å²) in [6.45, 7) is 2.38. The van der Waals surface area contributed by atoms with Crippen molar-refractivity contribution in [2.75, 3.05) is 7.05 Å². The number of non-ortho nitro benzene ring substituents is 1. The Morgan fingerprint density at radius 2 is 1.97 bits per heavy atom. The van der Waals surface area contributed by atoms with Gasteiger partial charge in [0.05, 0.1) is 16.9 Å². The van der Waals surface area contributed by atoms with Crippen LogP contribution in [0.25, 0.3) is 21.3 Å². The average Bonchev–Trinajstić information content (AvgIpc) is 3.18. The van der Waals surface area contributed by atoms with Gasteiger partial charge < -0.3 is 4.98 Å². The Kier molecular flexibility index (Phi) is 5.43. The van der Waals surface area contributed by atoms with Crippen LogP contribution < -0.4 is 5.56 Å². The van der Waals surface area contributed by atoms with Crippen LogP contribution in [-0.4, -0.2) is 26.8 Å². The predicted octanol–water partition coefficient (Wildman–Crippen LogP) is 4.75. The number of thiophene rings is 1. The minimum Gasteiger partial charge on any atom is -0.309 e. The lowest BCUT2D eigenvalue weighted by Crippen LogP contribution is -2.25. The van der Waals surface area contributed by atoms with Gasteiger partial charge in [-0.2, -0.15) is 0 Å². The molecule has 152 valence electrons. The summed E-state index contributed by atoms with van der Waals surface area (Å²) in [7, 11) is 1.90. The molecular weight excluding hydrogens is 400 g/mol. The fourth-order valence-corrected chi connectivity index (χ4v) is 4.39. The quantitative estimate of drug-likeness (QED) is 0.359. The van der Waals surface area contributed by atoms with E-state index in [1.807, 2.05) is 60.6 Å². The zero-order valence-electron chi connectivity index (χ0n) is 16.5. The molecule has 0 aliphatic heterocycles. The molecule has 0 spiro atoms. The highest BCUT2D eigenvalue weighted by atomic mass is 32.1. The van der Waals surface area contributed by atoms with Crippen LogP contribution in [0.2, 0.25) is 0 Å². The van der Waals surface area contributed by atoms with Crippen LogP contribution in [0.1, 0.15) is 24.4 Å². The van der Waals surface area contributed by atoms with E-state index in [0.29, 0.717) is 22.6 Å². The first kappa shape index (κ1) is 19.9. The number of rotatable bonds is 6. The Hall–Kier alpha value is -3.36. The second-order valence-corrected chi connectivity index (χ2v) is 8.01. The Morgan fingerprint density at radius 1 is 1.20 bits per heavy atom. The van der Waals surface area contributed by atoms with Crippen LogP contribution in [0.5, 0.6) is 0 Å². The van der Waals surface area contributed by atoms with Crippen molar-refractivity contribution < 1.29 is 4.92 Å². The topological polar surface area (TPSA) is 92.1 Å². The number of nitro groups is 1. The minimum atomic E-state index is -0.399. The van der Waals surface area contributed by atoms with Crippen molar-refractivity contribution in [1.29, 1.82) is 0 Å². The zero-order valence-corrected chi connectivity index (χ0v) is 17.3. The summed E-state index contributed by atoms with van der Waals surface area (Å²) >= 11 is 1.45. The van der Waals surface area contributed by atoms with E-state index >= 15 is 0 Å². The van der Waals surface area contributed by atoms with E-state index in [1.165, 1.54) is 17.4 Å². The van der Waals surface area contributed by atoms with Gasteiger partial charge in [0.15, 0.2) is 0 Å². The SMILES string of the molecule is C[C@H](c1cccc([N+](=O)[O-])c1)N(C)Cc1nc2scc(-c3ccccc3)c2c(=O)[nH]1. The summed E-state index contributed by atoms with van der Waals surface area (Å²) in [4.78, 5) is 33.7. The third-order valence-corrected chi connectivity index (χ3v) is 6.07. The van der Waals surface area contributed by atoms with Crippen molar-refractivity contribution in [2.24, 2.45) is 0 Å². The van der Waals surface area contributed by atoms with Crippen LogP contribution in [0, 0.1) is 10.1 Å². The van der Waals surface area contributed by atoms with Gasteiger partial charge in [0.1, 0.15) is 10.7 Å². The molecule has 8 heteroatoms. The molecule has 0 unspecified atom stereocenters. The third-order valence-electron chi connectivity index (χ3n) is 5.20. The lowest BCUT2D eigenvalue weighted by Gasteiger charge is -2.24. The Bertz CT molecular complexity index is 1270. The van der Waals surface area contributed by atoms with E-state index in [2.05, 4.69) is 9.97 Å². The predicted molar refractivity (Wildman–Crippen MR) is 119 cm³/mol. The van der Waals surface area contributed by atoms with E-state index < -0.39 is 4.92 Å². The Balaban J connectivity index is 1.60. The number of hydrogen-bond acceptors (Lipinski definition) is 6. The van der Waals surface area contributed by atoms with E-state index in [9.17, 15) is 14.9 Å². The highest BCUT2D eigenvalue weighted by molar-refractivity contribution is 7.17. The van der Waals surface area contributed by atoms with Crippen molar-refractivity contribution in [2.45, 2.75) is 19.5 Å². The van der Waals surface area contributed by atoms with Gasteiger partial charge in [-0.05, 0) is 25.1 Å². The lowest BCUT2D eigenvalue weighted by atomic mass is 10.1. The summed E-state index contributed by atoms with van der Waals surface area (Å²) in [6.07, 6.45) is 0. The molecule has 0 fully saturated rings. The molecule has 7 nitrogen and oxygen atoms in total. The van der Waals surface area contributed by atoms with E-state index in [4.69, 9.17) is 0 Å². The summed E-state index contributed by atoms with van der Waals surface area (Å²) < 4.78 is 0. The van der Waals surface area contributed by atoms with E-state index in [1.54, 1.807) is 12.1 Å². The molecule has 2 aromatic heterocycles. The first-order valence-electron chi connectivity index (χ1n) is 9.44. The fraction of sp³-hybridized carbons (Fsp3) is 0.182. The minimum absolute atomic E-state index is 0.0627. The van der Waals surface area contributed by atoms with Crippen LogP contribution in [-0.2, 0) is 6.54 Å². The van der Waals surface area contributed by atoms with E-state index in [-0.39, 0.29) is 17.3 Å². The molecule has 30 heavy (non-hydrogen) atoms. The van der Waals surface area contributed by atoms with Gasteiger partial charge in [0.25, 0.3) is 11.2 Å². The molecule has 0 bridgehead atoms. The number of H-pyrrole nitrogens is 1. The summed E-state index contributed by atoms with van der Waals surface area (Å²) in [5.74, 6) is 0.564. The number of nitrogens with one attached hydrogen (secondary N) is 1. The lowest BCUT2D eigenvalue weighted by molar-refractivity contribution is -0.384. The number of aromatic nitrogens is 2. The van der Waals surface area contributed by atoms with Gasteiger partial charge >= 0.3 is 0 Å². The molecule has 4 rings (SSSR count). The molecule has 2 heterocycles. The number of aromatic amines is 1. The highest BCUT2D eigenvalue weighted by Crippen LogP contribution is 2.31. The van der Waals surface area contributed by atoms with Crippen molar-refractivity contribution in [1.82, 2.24) is 14.9 Å². The number of benzene rings is 2. The summed E-state index contributed by atoms with van der Waals surface area (Å²) in [6, 6.07) is 16.3. The smallest absolute Gasteiger partial charge is 0.269 e. The van der Waals surface area contributed by atoms with Crippen LogP contribution in [0.15, 0.2) is 64.8 Å². The normalized spacial score (nSPS) is 12.4. The molecule has 0 radical (unpaired) electrons. The van der Waals surface area contributed by atoms with Crippen LogP contribution >= 0.6 is 11.3 Å². The molecule has 0 saturated carbocycles. The average molecular weight is 420 g/mol. The van der Waals surface area contributed by atoms with E-state index in [0.717, 1.165) is 16.7 Å². The number of fused-ring (bicyclic) bond motifs is 1. The standard InChI is InChI=1S/C22H20N4O3S/c1-14(16-9-6-10-17(11-16)26(28)29)25(2)12-19-23-21(27)20-18(13-30-22(20)24-19)15-7-4-3-5-8-15/h3-11,13-14H,12H2,1-2H3,(H,23,24,27)/t14-/m1/s1. The maximum atomic E-state index is 12.8. The molecular formula is C22H20N4O3S. The first-order valence-corrected chi connectivity index (χ1v) is 10.3. The molecule has 0 aliphatic carbocycles. The summed E-state index contributed by atoms with van der Waals surface area (Å²) in [5, 5.41) is 13.6. The Labute approximate surface area is 176 Å². The number of nitrogens with zero attached hydrogens (tertiary/aromatic N) is 3. The van der Waals surface area contributed by atoms with Crippen molar-refractivity contribution in [3.05, 3.63) is 91.8 Å². The van der Waals surface area contributed by atoms with Crippen LogP contribution in [0.3, 0.4) is 0 Å². The van der Waals surface area contributed by atoms with Gasteiger partial charge in [0.2, 0.25) is 0 Å². The Morgan fingerprint density at radius 3 is 2.70 bits per heavy atom. The van der Waals surface area contributed by atoms with Crippen molar-refractivity contribution in [3.63, 3.8) is 0 Å². The molecule has 1 atom stereocenters. The van der Waals surface area contributed by atoms with Gasteiger partial charge in [-0.15, -0.1) is 11.3 Å². The fourth-order valence-electron chi connectivity index (χ4n) is 3.42. The maximum Gasteiger partial charge on any atom is 0.269 e. The molecule has 1 N–H and O–H groups in total.